The van der Waals surface area contributed by atoms with Crippen LogP contribution in [0, 0.1) is 5.92 Å². The van der Waals surface area contributed by atoms with Gasteiger partial charge >= 0.3 is 0 Å². The zero-order valence-corrected chi connectivity index (χ0v) is 13.5. The van der Waals surface area contributed by atoms with Gasteiger partial charge in [0.25, 0.3) is 5.91 Å². The summed E-state index contributed by atoms with van der Waals surface area (Å²) in [7, 11) is 0. The minimum Gasteiger partial charge on any atom is -0.352 e. The van der Waals surface area contributed by atoms with Gasteiger partial charge in [0.2, 0.25) is 5.91 Å². The molecular formula is C18H25N3O2. The number of piperazine rings is 1. The molecule has 1 aliphatic carbocycles. The smallest absolute Gasteiger partial charge is 0.253 e. The molecule has 1 aliphatic heterocycles. The fourth-order valence-corrected chi connectivity index (χ4v) is 3.34. The van der Waals surface area contributed by atoms with Crippen molar-refractivity contribution in [2.75, 3.05) is 26.2 Å². The van der Waals surface area contributed by atoms with E-state index in [1.165, 1.54) is 12.8 Å². The van der Waals surface area contributed by atoms with E-state index in [1.807, 2.05) is 29.2 Å². The van der Waals surface area contributed by atoms with Crippen LogP contribution in [0.5, 0.6) is 0 Å². The molecule has 5 heteroatoms. The zero-order chi connectivity index (χ0) is 16.1. The van der Waals surface area contributed by atoms with Crippen LogP contribution >= 0.6 is 0 Å². The average molecular weight is 315 g/mol. The first-order valence-electron chi connectivity index (χ1n) is 8.61. The highest BCUT2D eigenvalue weighted by Gasteiger charge is 2.22. The SMILES string of the molecule is O=C(NCc1ccc(C(=O)N2CCNCC2)cc1)C1CCCC1. The number of hydrogen-bond donors (Lipinski definition) is 2. The van der Waals surface area contributed by atoms with Gasteiger partial charge in [-0.1, -0.05) is 25.0 Å². The van der Waals surface area contributed by atoms with Gasteiger partial charge in [-0.05, 0) is 30.5 Å². The van der Waals surface area contributed by atoms with Crippen LogP contribution in [0.3, 0.4) is 0 Å². The number of nitrogens with one attached hydrogen (secondary N) is 2. The van der Waals surface area contributed by atoms with Gasteiger partial charge in [0.15, 0.2) is 0 Å². The van der Waals surface area contributed by atoms with E-state index < -0.39 is 0 Å². The van der Waals surface area contributed by atoms with Gasteiger partial charge in [-0.25, -0.2) is 0 Å². The summed E-state index contributed by atoms with van der Waals surface area (Å²) in [5.41, 5.74) is 1.76. The highest BCUT2D eigenvalue weighted by molar-refractivity contribution is 5.94. The molecule has 2 N–H and O–H groups in total. The molecule has 1 aromatic carbocycles. The fraction of sp³-hybridized carbons (Fsp3) is 0.556. The maximum atomic E-state index is 12.4. The monoisotopic (exact) mass is 315 g/mol. The molecule has 0 aromatic heterocycles. The normalized spacial score (nSPS) is 18.9. The first kappa shape index (κ1) is 16.0. The summed E-state index contributed by atoms with van der Waals surface area (Å²) in [5, 5.41) is 6.26. The molecule has 0 radical (unpaired) electrons. The summed E-state index contributed by atoms with van der Waals surface area (Å²) in [5.74, 6) is 0.458. The fourth-order valence-electron chi connectivity index (χ4n) is 3.34. The number of benzene rings is 1. The van der Waals surface area contributed by atoms with Crippen LogP contribution in [0.1, 0.15) is 41.6 Å². The van der Waals surface area contributed by atoms with Crippen molar-refractivity contribution in [3.05, 3.63) is 35.4 Å². The number of carbonyl (C=O) groups excluding carboxylic acids is 2. The molecule has 1 saturated heterocycles. The molecule has 124 valence electrons. The van der Waals surface area contributed by atoms with E-state index in [-0.39, 0.29) is 17.7 Å². The summed E-state index contributed by atoms with van der Waals surface area (Å²) in [6.45, 7) is 3.78. The van der Waals surface area contributed by atoms with Crippen molar-refractivity contribution in [3.8, 4) is 0 Å². The van der Waals surface area contributed by atoms with Crippen LogP contribution in [0.25, 0.3) is 0 Å². The Kier molecular flexibility index (Phi) is 5.28. The number of nitrogens with zero attached hydrogens (tertiary/aromatic N) is 1. The Labute approximate surface area is 137 Å². The van der Waals surface area contributed by atoms with Crippen molar-refractivity contribution >= 4 is 11.8 Å². The lowest BCUT2D eigenvalue weighted by atomic mass is 10.1. The minimum atomic E-state index is 0.0908. The Hall–Kier alpha value is -1.88. The van der Waals surface area contributed by atoms with Gasteiger partial charge in [0.05, 0.1) is 0 Å². The Balaban J connectivity index is 1.52. The number of amides is 2. The van der Waals surface area contributed by atoms with E-state index in [9.17, 15) is 9.59 Å². The molecule has 0 unspecified atom stereocenters. The van der Waals surface area contributed by atoms with Crippen LogP contribution in [-0.2, 0) is 11.3 Å². The molecule has 2 fully saturated rings. The zero-order valence-electron chi connectivity index (χ0n) is 13.5. The largest absolute Gasteiger partial charge is 0.352 e. The van der Waals surface area contributed by atoms with Crippen LogP contribution in [0.2, 0.25) is 0 Å². The molecule has 5 nitrogen and oxygen atoms in total. The first-order chi connectivity index (χ1) is 11.2. The number of hydrogen-bond acceptors (Lipinski definition) is 3. The highest BCUT2D eigenvalue weighted by atomic mass is 16.2. The van der Waals surface area contributed by atoms with Crippen LogP contribution < -0.4 is 10.6 Å². The maximum Gasteiger partial charge on any atom is 0.253 e. The third-order valence-electron chi connectivity index (χ3n) is 4.80. The molecule has 1 heterocycles. The van der Waals surface area contributed by atoms with Crippen molar-refractivity contribution in [3.63, 3.8) is 0 Å². The van der Waals surface area contributed by atoms with Gasteiger partial charge in [-0.2, -0.15) is 0 Å². The molecule has 0 spiro atoms. The highest BCUT2D eigenvalue weighted by Crippen LogP contribution is 2.24. The Morgan fingerprint density at radius 3 is 2.39 bits per heavy atom. The summed E-state index contributed by atoms with van der Waals surface area (Å²) in [4.78, 5) is 26.3. The quantitative estimate of drug-likeness (QED) is 0.886. The second-order valence-corrected chi connectivity index (χ2v) is 6.44. The van der Waals surface area contributed by atoms with Crippen molar-refractivity contribution in [2.45, 2.75) is 32.2 Å². The van der Waals surface area contributed by atoms with E-state index >= 15 is 0 Å². The van der Waals surface area contributed by atoms with Crippen LogP contribution in [-0.4, -0.2) is 42.9 Å². The molecule has 1 saturated carbocycles. The summed E-state index contributed by atoms with van der Waals surface area (Å²) < 4.78 is 0. The standard InChI is InChI=1S/C18H25N3O2/c22-17(15-3-1-2-4-15)20-13-14-5-7-16(8-6-14)18(23)21-11-9-19-10-12-21/h5-8,15,19H,1-4,9-13H2,(H,20,22). The van der Waals surface area contributed by atoms with Crippen molar-refractivity contribution in [2.24, 2.45) is 5.92 Å². The average Bonchev–Trinajstić information content (AvgIpc) is 3.15. The molecule has 1 aromatic rings. The summed E-state index contributed by atoms with van der Waals surface area (Å²) in [6.07, 6.45) is 4.37. The maximum absolute atomic E-state index is 12.4. The molecule has 2 amide bonds. The van der Waals surface area contributed by atoms with E-state index in [0.717, 1.165) is 50.1 Å². The lowest BCUT2D eigenvalue weighted by molar-refractivity contribution is -0.124. The van der Waals surface area contributed by atoms with E-state index in [0.29, 0.717) is 6.54 Å². The Morgan fingerprint density at radius 2 is 1.74 bits per heavy atom. The topological polar surface area (TPSA) is 61.4 Å². The van der Waals surface area contributed by atoms with E-state index in [2.05, 4.69) is 10.6 Å². The molecule has 3 rings (SSSR count). The van der Waals surface area contributed by atoms with Gasteiger partial charge in [0.1, 0.15) is 0 Å². The number of carbonyl (C=O) groups is 2. The third-order valence-corrected chi connectivity index (χ3v) is 4.80. The lowest BCUT2D eigenvalue weighted by Crippen LogP contribution is -2.46. The molecular weight excluding hydrogens is 290 g/mol. The van der Waals surface area contributed by atoms with E-state index in [4.69, 9.17) is 0 Å². The van der Waals surface area contributed by atoms with Crippen molar-refractivity contribution in [1.82, 2.24) is 15.5 Å². The van der Waals surface area contributed by atoms with Crippen LogP contribution in [0.4, 0.5) is 0 Å². The lowest BCUT2D eigenvalue weighted by Gasteiger charge is -2.27. The summed E-state index contributed by atoms with van der Waals surface area (Å²) in [6, 6.07) is 7.59. The van der Waals surface area contributed by atoms with Crippen LogP contribution in [0.15, 0.2) is 24.3 Å². The minimum absolute atomic E-state index is 0.0908. The van der Waals surface area contributed by atoms with Gasteiger partial charge in [0, 0.05) is 44.2 Å². The van der Waals surface area contributed by atoms with Gasteiger partial charge in [-0.15, -0.1) is 0 Å². The molecule has 0 bridgehead atoms. The second kappa shape index (κ2) is 7.59. The Morgan fingerprint density at radius 1 is 1.09 bits per heavy atom. The molecule has 2 aliphatic rings. The van der Waals surface area contributed by atoms with Gasteiger partial charge < -0.3 is 15.5 Å². The number of rotatable bonds is 4. The van der Waals surface area contributed by atoms with Crippen molar-refractivity contribution in [1.29, 1.82) is 0 Å². The van der Waals surface area contributed by atoms with Gasteiger partial charge in [-0.3, -0.25) is 9.59 Å². The molecule has 0 atom stereocenters. The second-order valence-electron chi connectivity index (χ2n) is 6.44. The summed E-state index contributed by atoms with van der Waals surface area (Å²) >= 11 is 0. The predicted octanol–water partition coefficient (Wildman–Crippen LogP) is 1.54. The third kappa shape index (κ3) is 4.10. The first-order valence-corrected chi connectivity index (χ1v) is 8.61. The Bertz CT molecular complexity index is 544. The molecule has 23 heavy (non-hydrogen) atoms. The van der Waals surface area contributed by atoms with Crippen molar-refractivity contribution < 1.29 is 9.59 Å². The van der Waals surface area contributed by atoms with E-state index in [1.54, 1.807) is 0 Å². The predicted molar refractivity (Wildman–Crippen MR) is 89.0 cm³/mol.